The number of hydrogen-bond acceptors (Lipinski definition) is 4. The number of hydrogen-bond donors (Lipinski definition) is 0. The molecular weight excluding hydrogens is 357 g/mol. The number of nitrogens with zero attached hydrogens (tertiary/aromatic N) is 4. The van der Waals surface area contributed by atoms with Gasteiger partial charge in [-0.1, -0.05) is 11.6 Å². The highest BCUT2D eigenvalue weighted by atomic mass is 35.5. The Morgan fingerprint density at radius 2 is 1.76 bits per heavy atom. The van der Waals surface area contributed by atoms with Crippen LogP contribution < -0.4 is 4.74 Å². The fourth-order valence-electron chi connectivity index (χ4n) is 3.06. The minimum absolute atomic E-state index is 0.0452. The zero-order valence-electron chi connectivity index (χ0n) is 12.8. The summed E-state index contributed by atoms with van der Waals surface area (Å²) in [5.74, 6) is -3.04. The van der Waals surface area contributed by atoms with Crippen LogP contribution in [0.15, 0.2) is 18.5 Å². The van der Waals surface area contributed by atoms with E-state index in [-0.39, 0.29) is 28.5 Å². The summed E-state index contributed by atoms with van der Waals surface area (Å²) in [4.78, 5) is 7.94. The molecule has 0 spiro atoms. The molecule has 0 N–H and O–H groups in total. The van der Waals surface area contributed by atoms with Crippen LogP contribution >= 0.6 is 11.6 Å². The van der Waals surface area contributed by atoms with Crippen LogP contribution in [0.3, 0.4) is 0 Å². The summed E-state index contributed by atoms with van der Waals surface area (Å²) in [7, 11) is 0. The van der Waals surface area contributed by atoms with Crippen molar-refractivity contribution in [1.29, 1.82) is 0 Å². The smallest absolute Gasteiger partial charge is 0.256 e. The summed E-state index contributed by atoms with van der Waals surface area (Å²) in [5.41, 5.74) is -0.620. The minimum atomic E-state index is -1.10. The summed E-state index contributed by atoms with van der Waals surface area (Å²) in [6, 6.07) is 1.17. The fraction of sp³-hybridized carbons (Fsp3) is 0.312. The van der Waals surface area contributed by atoms with Gasteiger partial charge in [-0.05, 0) is 25.7 Å². The van der Waals surface area contributed by atoms with Crippen molar-refractivity contribution in [1.82, 2.24) is 19.6 Å². The van der Waals surface area contributed by atoms with E-state index in [0.717, 1.165) is 25.7 Å². The van der Waals surface area contributed by atoms with E-state index >= 15 is 0 Å². The zero-order chi connectivity index (χ0) is 17.6. The highest BCUT2D eigenvalue weighted by Crippen LogP contribution is 2.40. The van der Waals surface area contributed by atoms with Crippen molar-refractivity contribution in [2.75, 3.05) is 0 Å². The molecule has 2 heterocycles. The van der Waals surface area contributed by atoms with Gasteiger partial charge in [-0.3, -0.25) is 0 Å². The Morgan fingerprint density at radius 1 is 1.08 bits per heavy atom. The molecule has 25 heavy (non-hydrogen) atoms. The average molecular weight is 369 g/mol. The van der Waals surface area contributed by atoms with Crippen molar-refractivity contribution >= 4 is 17.4 Å². The van der Waals surface area contributed by atoms with Gasteiger partial charge in [0.2, 0.25) is 5.88 Å². The largest absolute Gasteiger partial charge is 0.474 e. The summed E-state index contributed by atoms with van der Waals surface area (Å²) >= 11 is 6.17. The van der Waals surface area contributed by atoms with E-state index < -0.39 is 23.0 Å². The predicted octanol–water partition coefficient (Wildman–Crippen LogP) is 4.18. The first-order chi connectivity index (χ1) is 12.0. The van der Waals surface area contributed by atoms with Gasteiger partial charge in [-0.2, -0.15) is 19.6 Å². The van der Waals surface area contributed by atoms with E-state index in [4.69, 9.17) is 16.3 Å². The van der Waals surface area contributed by atoms with Crippen LogP contribution in [-0.2, 0) is 0 Å². The second kappa shape index (κ2) is 6.18. The lowest BCUT2D eigenvalue weighted by Gasteiger charge is -2.18. The van der Waals surface area contributed by atoms with Crippen molar-refractivity contribution in [2.24, 2.45) is 0 Å². The number of aromatic nitrogens is 4. The van der Waals surface area contributed by atoms with Crippen LogP contribution in [0.1, 0.15) is 25.7 Å². The molecule has 1 aliphatic rings. The molecule has 4 rings (SSSR count). The van der Waals surface area contributed by atoms with Crippen molar-refractivity contribution in [3.63, 3.8) is 0 Å². The van der Waals surface area contributed by atoms with E-state index in [1.807, 2.05) is 0 Å². The monoisotopic (exact) mass is 368 g/mol. The van der Waals surface area contributed by atoms with E-state index in [0.29, 0.717) is 12.1 Å². The number of fused-ring (bicyclic) bond motifs is 1. The molecule has 1 fully saturated rings. The van der Waals surface area contributed by atoms with Crippen LogP contribution in [0.2, 0.25) is 5.15 Å². The maximum absolute atomic E-state index is 14.3. The van der Waals surface area contributed by atoms with Gasteiger partial charge in [0.15, 0.2) is 0 Å². The lowest BCUT2D eigenvalue weighted by atomic mass is 10.1. The number of ether oxygens (including phenoxy) is 1. The Bertz CT molecular complexity index is 933. The first-order valence-corrected chi connectivity index (χ1v) is 8.13. The molecular formula is C16H12ClF3N4O. The zero-order valence-corrected chi connectivity index (χ0v) is 13.6. The number of rotatable bonds is 3. The molecule has 5 nitrogen and oxygen atoms in total. The van der Waals surface area contributed by atoms with Gasteiger partial charge in [0.25, 0.3) is 5.78 Å². The number of benzene rings is 1. The van der Waals surface area contributed by atoms with Gasteiger partial charge < -0.3 is 4.74 Å². The molecule has 1 saturated carbocycles. The Morgan fingerprint density at radius 3 is 2.44 bits per heavy atom. The van der Waals surface area contributed by atoms with E-state index in [2.05, 4.69) is 15.1 Å². The quantitative estimate of drug-likeness (QED) is 0.651. The molecule has 0 atom stereocenters. The van der Waals surface area contributed by atoms with Gasteiger partial charge in [0.1, 0.15) is 35.0 Å². The van der Waals surface area contributed by atoms with Crippen LogP contribution in [0.5, 0.6) is 5.88 Å². The highest BCUT2D eigenvalue weighted by molar-refractivity contribution is 6.32. The molecule has 2 aromatic heterocycles. The van der Waals surface area contributed by atoms with Gasteiger partial charge in [-0.25, -0.2) is 13.2 Å². The summed E-state index contributed by atoms with van der Waals surface area (Å²) in [6.45, 7) is 0. The van der Waals surface area contributed by atoms with Crippen molar-refractivity contribution in [3.8, 4) is 17.0 Å². The number of halogens is 4. The maximum Gasteiger partial charge on any atom is 0.256 e. The average Bonchev–Trinajstić information content (AvgIpc) is 3.20. The molecule has 0 unspecified atom stereocenters. The molecule has 1 aliphatic carbocycles. The SMILES string of the molecule is Fc1cc(F)c(-c2c(Cl)nc3ncnn3c2OC2CCCC2)c(F)c1. The first kappa shape index (κ1) is 16.1. The molecule has 9 heteroatoms. The minimum Gasteiger partial charge on any atom is -0.474 e. The van der Waals surface area contributed by atoms with Gasteiger partial charge in [0, 0.05) is 12.1 Å². The van der Waals surface area contributed by atoms with Crippen molar-refractivity contribution < 1.29 is 17.9 Å². The standard InChI is InChI=1S/C16H12ClF3N4O/c17-14-13(12-10(19)5-8(18)6-11(12)20)15(25-9-3-1-2-4-9)24-16(23-14)21-7-22-24/h5-7,9H,1-4H2. The third-order valence-electron chi connectivity index (χ3n) is 4.18. The van der Waals surface area contributed by atoms with Crippen molar-refractivity contribution in [2.45, 2.75) is 31.8 Å². The third-order valence-corrected chi connectivity index (χ3v) is 4.45. The summed E-state index contributed by atoms with van der Waals surface area (Å²) in [6.07, 6.45) is 4.73. The highest BCUT2D eigenvalue weighted by Gasteiger charge is 2.28. The normalized spacial score (nSPS) is 15.2. The fourth-order valence-corrected chi connectivity index (χ4v) is 3.31. The first-order valence-electron chi connectivity index (χ1n) is 7.75. The van der Waals surface area contributed by atoms with E-state index in [1.165, 1.54) is 10.8 Å². The van der Waals surface area contributed by atoms with Gasteiger partial charge in [0.05, 0.1) is 11.1 Å². The Balaban J connectivity index is 1.97. The van der Waals surface area contributed by atoms with Crippen molar-refractivity contribution in [3.05, 3.63) is 41.1 Å². The second-order valence-electron chi connectivity index (χ2n) is 5.82. The summed E-state index contributed by atoms with van der Waals surface area (Å²) < 4.78 is 49.1. The molecule has 0 amide bonds. The summed E-state index contributed by atoms with van der Waals surface area (Å²) in [5, 5.41) is 3.81. The molecule has 0 saturated heterocycles. The van der Waals surface area contributed by atoms with E-state index in [1.54, 1.807) is 0 Å². The van der Waals surface area contributed by atoms with Crippen LogP contribution in [-0.4, -0.2) is 25.7 Å². The topological polar surface area (TPSA) is 52.3 Å². The van der Waals surface area contributed by atoms with Crippen LogP contribution in [0, 0.1) is 17.5 Å². The van der Waals surface area contributed by atoms with Crippen LogP contribution in [0.25, 0.3) is 16.9 Å². The lowest BCUT2D eigenvalue weighted by Crippen LogP contribution is -2.15. The Labute approximate surface area is 145 Å². The Kier molecular flexibility index (Phi) is 3.99. The van der Waals surface area contributed by atoms with Gasteiger partial charge >= 0.3 is 0 Å². The maximum atomic E-state index is 14.3. The van der Waals surface area contributed by atoms with Crippen LogP contribution in [0.4, 0.5) is 13.2 Å². The molecule has 3 aromatic rings. The molecule has 0 aliphatic heterocycles. The van der Waals surface area contributed by atoms with E-state index in [9.17, 15) is 13.2 Å². The molecule has 1 aromatic carbocycles. The molecule has 0 radical (unpaired) electrons. The van der Waals surface area contributed by atoms with Gasteiger partial charge in [-0.15, -0.1) is 0 Å². The molecule has 130 valence electrons. The second-order valence-corrected chi connectivity index (χ2v) is 6.18. The molecule has 0 bridgehead atoms. The third kappa shape index (κ3) is 2.80. The lowest BCUT2D eigenvalue weighted by molar-refractivity contribution is 0.197. The predicted molar refractivity (Wildman–Crippen MR) is 84.0 cm³/mol. The Hall–Kier alpha value is -2.35.